The lowest BCUT2D eigenvalue weighted by Gasteiger charge is -2.11. The lowest BCUT2D eigenvalue weighted by Crippen LogP contribution is -2.32. The van der Waals surface area contributed by atoms with Crippen molar-refractivity contribution in [3.05, 3.63) is 60.3 Å². The Kier molecular flexibility index (Phi) is 4.92. The van der Waals surface area contributed by atoms with Gasteiger partial charge >= 0.3 is 0 Å². The van der Waals surface area contributed by atoms with Gasteiger partial charge < -0.3 is 5.32 Å². The number of hydrogen-bond donors (Lipinski definition) is 1. The summed E-state index contributed by atoms with van der Waals surface area (Å²) >= 11 is 1.41. The molecule has 0 aliphatic rings. The van der Waals surface area contributed by atoms with Gasteiger partial charge in [-0.05, 0) is 31.0 Å². The normalized spacial score (nSPS) is 12.2. The Morgan fingerprint density at radius 3 is 2.78 bits per heavy atom. The molecular weight excluding hydrogens is 308 g/mol. The molecule has 3 rings (SSSR count). The number of thioether (sulfide) groups is 1. The maximum absolute atomic E-state index is 12.2. The van der Waals surface area contributed by atoms with Crippen LogP contribution in [0.4, 0.5) is 0 Å². The molecule has 2 heterocycles. The first-order valence-corrected chi connectivity index (χ1v) is 8.40. The fourth-order valence-corrected chi connectivity index (χ4v) is 3.09. The van der Waals surface area contributed by atoms with Crippen LogP contribution in [-0.4, -0.2) is 32.3 Å². The van der Waals surface area contributed by atoms with Gasteiger partial charge in [-0.2, -0.15) is 0 Å². The van der Waals surface area contributed by atoms with Crippen molar-refractivity contribution in [3.8, 4) is 0 Å². The quantitative estimate of drug-likeness (QED) is 0.707. The molecule has 0 bridgehead atoms. The van der Waals surface area contributed by atoms with Gasteiger partial charge in [0.1, 0.15) is 0 Å². The Morgan fingerprint density at radius 1 is 1.17 bits per heavy atom. The van der Waals surface area contributed by atoms with Crippen molar-refractivity contribution < 1.29 is 4.79 Å². The molecule has 1 N–H and O–H groups in total. The molecule has 118 valence electrons. The fraction of sp³-hybridized carbons (Fsp3) is 0.235. The number of nitrogens with one attached hydrogen (secondary N) is 1. The lowest BCUT2D eigenvalue weighted by atomic mass is 10.1. The van der Waals surface area contributed by atoms with E-state index in [1.165, 1.54) is 17.3 Å². The highest BCUT2D eigenvalue weighted by molar-refractivity contribution is 8.00. The van der Waals surface area contributed by atoms with Crippen LogP contribution in [0.2, 0.25) is 0 Å². The summed E-state index contributed by atoms with van der Waals surface area (Å²) in [6.07, 6.45) is 2.73. The number of hydrogen-bond acceptors (Lipinski definition) is 4. The van der Waals surface area contributed by atoms with Gasteiger partial charge in [0.15, 0.2) is 10.8 Å². The summed E-state index contributed by atoms with van der Waals surface area (Å²) in [5, 5.41) is 11.7. The van der Waals surface area contributed by atoms with Crippen molar-refractivity contribution in [2.45, 2.75) is 23.8 Å². The van der Waals surface area contributed by atoms with Gasteiger partial charge in [0.25, 0.3) is 0 Å². The predicted molar refractivity (Wildman–Crippen MR) is 91.5 cm³/mol. The Bertz CT molecular complexity index is 787. The zero-order chi connectivity index (χ0) is 16.1. The number of carbonyl (C=O) groups excluding carboxylic acids is 1. The van der Waals surface area contributed by atoms with Crippen molar-refractivity contribution in [1.82, 2.24) is 19.9 Å². The van der Waals surface area contributed by atoms with Crippen LogP contribution < -0.4 is 5.32 Å². The Labute approximate surface area is 139 Å². The van der Waals surface area contributed by atoms with E-state index in [0.717, 1.165) is 17.2 Å². The standard InChI is InChI=1S/C17H18N4OS/c1-13(16(22)18-11-10-14-7-3-2-4-8-14)23-17-20-19-15-9-5-6-12-21(15)17/h2-9,12-13H,10-11H2,1H3,(H,18,22)/t13-/m0/s1. The largest absolute Gasteiger partial charge is 0.355 e. The van der Waals surface area contributed by atoms with Crippen LogP contribution in [0.1, 0.15) is 12.5 Å². The van der Waals surface area contributed by atoms with E-state index in [9.17, 15) is 4.79 Å². The van der Waals surface area contributed by atoms with Crippen LogP contribution in [0.3, 0.4) is 0 Å². The first-order valence-electron chi connectivity index (χ1n) is 7.52. The van der Waals surface area contributed by atoms with E-state index in [0.29, 0.717) is 6.54 Å². The summed E-state index contributed by atoms with van der Waals surface area (Å²) in [6.45, 7) is 2.51. The van der Waals surface area contributed by atoms with Crippen molar-refractivity contribution in [2.75, 3.05) is 6.54 Å². The van der Waals surface area contributed by atoms with Crippen molar-refractivity contribution >= 4 is 23.3 Å². The molecule has 23 heavy (non-hydrogen) atoms. The van der Waals surface area contributed by atoms with Crippen molar-refractivity contribution in [2.24, 2.45) is 0 Å². The molecule has 0 unspecified atom stereocenters. The number of nitrogens with zero attached hydrogens (tertiary/aromatic N) is 3. The zero-order valence-corrected chi connectivity index (χ0v) is 13.7. The molecule has 1 amide bonds. The number of pyridine rings is 1. The Balaban J connectivity index is 1.53. The second-order valence-electron chi connectivity index (χ2n) is 5.20. The van der Waals surface area contributed by atoms with Crippen molar-refractivity contribution in [1.29, 1.82) is 0 Å². The minimum absolute atomic E-state index is 0.0126. The summed E-state index contributed by atoms with van der Waals surface area (Å²) in [4.78, 5) is 12.2. The van der Waals surface area contributed by atoms with Gasteiger partial charge in [-0.15, -0.1) is 10.2 Å². The Hall–Kier alpha value is -2.34. The maximum atomic E-state index is 12.2. The third-order valence-electron chi connectivity index (χ3n) is 3.49. The highest BCUT2D eigenvalue weighted by atomic mass is 32.2. The second-order valence-corrected chi connectivity index (χ2v) is 6.51. The first-order chi connectivity index (χ1) is 11.2. The minimum Gasteiger partial charge on any atom is -0.355 e. The summed E-state index contributed by atoms with van der Waals surface area (Å²) in [7, 11) is 0. The minimum atomic E-state index is -0.224. The summed E-state index contributed by atoms with van der Waals surface area (Å²) in [6, 6.07) is 15.9. The molecule has 0 aliphatic heterocycles. The third-order valence-corrected chi connectivity index (χ3v) is 4.55. The second kappa shape index (κ2) is 7.28. The lowest BCUT2D eigenvalue weighted by molar-refractivity contribution is -0.120. The van der Waals surface area contributed by atoms with E-state index in [4.69, 9.17) is 0 Å². The van der Waals surface area contributed by atoms with Gasteiger partial charge in [0.2, 0.25) is 5.91 Å². The van der Waals surface area contributed by atoms with Gasteiger partial charge in [-0.3, -0.25) is 9.20 Å². The van der Waals surface area contributed by atoms with Gasteiger partial charge in [0.05, 0.1) is 5.25 Å². The van der Waals surface area contributed by atoms with E-state index in [1.54, 1.807) is 0 Å². The van der Waals surface area contributed by atoms with E-state index in [-0.39, 0.29) is 11.2 Å². The van der Waals surface area contributed by atoms with Crippen LogP contribution in [0.15, 0.2) is 59.9 Å². The molecule has 0 spiro atoms. The number of rotatable bonds is 6. The molecule has 3 aromatic rings. The van der Waals surface area contributed by atoms with E-state index in [1.807, 2.05) is 53.9 Å². The number of fused-ring (bicyclic) bond motifs is 1. The van der Waals surface area contributed by atoms with Gasteiger partial charge in [-0.25, -0.2) is 0 Å². The molecule has 0 radical (unpaired) electrons. The molecule has 0 aliphatic carbocycles. The van der Waals surface area contributed by atoms with E-state index < -0.39 is 0 Å². The number of aromatic nitrogens is 3. The molecule has 0 saturated carbocycles. The smallest absolute Gasteiger partial charge is 0.233 e. The SMILES string of the molecule is C[C@H](Sc1nnc2ccccn12)C(=O)NCCc1ccccc1. The van der Waals surface area contributed by atoms with Crippen LogP contribution in [0.25, 0.3) is 5.65 Å². The number of benzene rings is 1. The summed E-state index contributed by atoms with van der Waals surface area (Å²) < 4.78 is 1.89. The van der Waals surface area contributed by atoms with Crippen LogP contribution in [-0.2, 0) is 11.2 Å². The van der Waals surface area contributed by atoms with Gasteiger partial charge in [-0.1, -0.05) is 48.2 Å². The Morgan fingerprint density at radius 2 is 1.96 bits per heavy atom. The van der Waals surface area contributed by atoms with Crippen LogP contribution >= 0.6 is 11.8 Å². The van der Waals surface area contributed by atoms with Gasteiger partial charge in [0, 0.05) is 12.7 Å². The monoisotopic (exact) mass is 326 g/mol. The molecule has 5 nitrogen and oxygen atoms in total. The maximum Gasteiger partial charge on any atom is 0.233 e. The highest BCUT2D eigenvalue weighted by Gasteiger charge is 2.17. The topological polar surface area (TPSA) is 59.3 Å². The van der Waals surface area contributed by atoms with Crippen molar-refractivity contribution in [3.63, 3.8) is 0 Å². The summed E-state index contributed by atoms with van der Waals surface area (Å²) in [5.41, 5.74) is 2.00. The molecule has 6 heteroatoms. The summed E-state index contributed by atoms with van der Waals surface area (Å²) in [5.74, 6) is 0.0126. The fourth-order valence-electron chi connectivity index (χ4n) is 2.23. The molecule has 0 fully saturated rings. The van der Waals surface area contributed by atoms with E-state index >= 15 is 0 Å². The van der Waals surface area contributed by atoms with Crippen LogP contribution in [0.5, 0.6) is 0 Å². The average molecular weight is 326 g/mol. The molecule has 0 saturated heterocycles. The predicted octanol–water partition coefficient (Wildman–Crippen LogP) is 2.57. The average Bonchev–Trinajstić information content (AvgIpc) is 2.99. The number of carbonyl (C=O) groups is 1. The highest BCUT2D eigenvalue weighted by Crippen LogP contribution is 2.21. The molecule has 1 aromatic carbocycles. The first kappa shape index (κ1) is 15.6. The van der Waals surface area contributed by atoms with Crippen LogP contribution in [0, 0.1) is 0 Å². The molecule has 2 aromatic heterocycles. The van der Waals surface area contributed by atoms with E-state index in [2.05, 4.69) is 27.6 Å². The molecular formula is C17H18N4OS. The molecule has 1 atom stereocenters. The zero-order valence-electron chi connectivity index (χ0n) is 12.8. The number of amides is 1. The third kappa shape index (κ3) is 3.90.